The van der Waals surface area contributed by atoms with Gasteiger partial charge in [0.2, 0.25) is 0 Å². The molecule has 1 saturated heterocycles. The first-order valence-corrected chi connectivity index (χ1v) is 7.45. The Morgan fingerprint density at radius 2 is 1.52 bits per heavy atom. The molecule has 0 aromatic heterocycles. The van der Waals surface area contributed by atoms with Crippen LogP contribution in [0.1, 0.15) is 58.6 Å². The van der Waals surface area contributed by atoms with Crippen molar-refractivity contribution in [3.8, 4) is 0 Å². The molecular formula is C17H24BFO2. The number of rotatable bonds is 3. The van der Waals surface area contributed by atoms with E-state index in [2.05, 4.69) is 13.8 Å². The maximum Gasteiger partial charge on any atom is 0.525 e. The standard InChI is InChI=1S/C17H24BFO2/c1-12(2)14-9-7-13(8-10-14)11-15(19)18-20-16(3,4)17(5,6)21-18/h7-12H,1-6H3. The molecule has 1 aliphatic heterocycles. The van der Waals surface area contributed by atoms with Crippen LogP contribution in [0.4, 0.5) is 4.39 Å². The van der Waals surface area contributed by atoms with Crippen LogP contribution in [0.15, 0.2) is 30.0 Å². The zero-order valence-corrected chi connectivity index (χ0v) is 13.7. The molecule has 1 aliphatic rings. The van der Waals surface area contributed by atoms with Gasteiger partial charge in [-0.25, -0.2) is 4.39 Å². The Hall–Kier alpha value is -1.13. The van der Waals surface area contributed by atoms with Crippen molar-refractivity contribution in [2.45, 2.75) is 58.7 Å². The average molecular weight is 290 g/mol. The molecule has 0 radical (unpaired) electrons. The van der Waals surface area contributed by atoms with Gasteiger partial charge in [0.1, 0.15) is 5.73 Å². The Balaban J connectivity index is 2.15. The molecule has 0 amide bonds. The van der Waals surface area contributed by atoms with E-state index in [4.69, 9.17) is 9.31 Å². The van der Waals surface area contributed by atoms with Crippen LogP contribution >= 0.6 is 0 Å². The fourth-order valence-electron chi connectivity index (χ4n) is 2.16. The molecule has 1 fully saturated rings. The fraction of sp³-hybridized carbons (Fsp3) is 0.529. The average Bonchev–Trinajstić information content (AvgIpc) is 2.59. The zero-order valence-electron chi connectivity index (χ0n) is 13.7. The van der Waals surface area contributed by atoms with Crippen LogP contribution in [-0.4, -0.2) is 18.3 Å². The number of hydrogen-bond donors (Lipinski definition) is 0. The molecule has 2 nitrogen and oxygen atoms in total. The SMILES string of the molecule is CC(C)c1ccc(C=C(F)B2OC(C)(C)C(C)(C)O2)cc1. The predicted octanol–water partition coefficient (Wildman–Crippen LogP) is 4.75. The quantitative estimate of drug-likeness (QED) is 0.748. The van der Waals surface area contributed by atoms with Gasteiger partial charge < -0.3 is 9.31 Å². The van der Waals surface area contributed by atoms with Crippen LogP contribution in [0, 0.1) is 0 Å². The second kappa shape index (κ2) is 5.58. The highest BCUT2D eigenvalue weighted by atomic mass is 19.1. The van der Waals surface area contributed by atoms with E-state index in [1.165, 1.54) is 11.6 Å². The molecule has 0 N–H and O–H groups in total. The van der Waals surface area contributed by atoms with Crippen molar-refractivity contribution >= 4 is 13.2 Å². The van der Waals surface area contributed by atoms with Crippen LogP contribution in [0.2, 0.25) is 0 Å². The topological polar surface area (TPSA) is 18.5 Å². The minimum absolute atomic E-state index is 0.397. The summed E-state index contributed by atoms with van der Waals surface area (Å²) < 4.78 is 25.7. The van der Waals surface area contributed by atoms with E-state index in [-0.39, 0.29) is 0 Å². The molecular weight excluding hydrogens is 266 g/mol. The first kappa shape index (κ1) is 16.2. The van der Waals surface area contributed by atoms with Crippen molar-refractivity contribution in [3.63, 3.8) is 0 Å². The van der Waals surface area contributed by atoms with E-state index in [1.807, 2.05) is 52.0 Å². The lowest BCUT2D eigenvalue weighted by Crippen LogP contribution is -2.41. The van der Waals surface area contributed by atoms with E-state index in [0.29, 0.717) is 5.92 Å². The zero-order chi connectivity index (χ0) is 15.8. The third-order valence-electron chi connectivity index (χ3n) is 4.39. The summed E-state index contributed by atoms with van der Waals surface area (Å²) in [5.74, 6) is 0.468. The van der Waals surface area contributed by atoms with Crippen LogP contribution < -0.4 is 0 Å². The molecule has 0 atom stereocenters. The minimum Gasteiger partial charge on any atom is -0.398 e. The van der Waals surface area contributed by atoms with Gasteiger partial charge in [-0.05, 0) is 50.8 Å². The maximum atomic E-state index is 14.4. The smallest absolute Gasteiger partial charge is 0.398 e. The lowest BCUT2D eigenvalue weighted by Gasteiger charge is -2.32. The van der Waals surface area contributed by atoms with E-state index >= 15 is 0 Å². The maximum absolute atomic E-state index is 14.4. The van der Waals surface area contributed by atoms with Crippen molar-refractivity contribution in [2.24, 2.45) is 0 Å². The molecule has 1 aromatic rings. The first-order valence-electron chi connectivity index (χ1n) is 7.45. The monoisotopic (exact) mass is 290 g/mol. The minimum atomic E-state index is -0.931. The molecule has 2 rings (SSSR count). The predicted molar refractivity (Wildman–Crippen MR) is 85.7 cm³/mol. The lowest BCUT2D eigenvalue weighted by atomic mass is 9.86. The van der Waals surface area contributed by atoms with Gasteiger partial charge in [-0.3, -0.25) is 0 Å². The van der Waals surface area contributed by atoms with Gasteiger partial charge in [-0.1, -0.05) is 38.1 Å². The van der Waals surface area contributed by atoms with Gasteiger partial charge in [-0.2, -0.15) is 0 Å². The third kappa shape index (κ3) is 3.38. The summed E-state index contributed by atoms with van der Waals surface area (Å²) in [6, 6.07) is 7.88. The Kier molecular flexibility index (Phi) is 4.32. The summed E-state index contributed by atoms with van der Waals surface area (Å²) in [6.07, 6.45) is 1.48. The molecule has 0 saturated carbocycles. The lowest BCUT2D eigenvalue weighted by molar-refractivity contribution is 0.00578. The van der Waals surface area contributed by atoms with Crippen molar-refractivity contribution in [1.29, 1.82) is 0 Å². The molecule has 0 unspecified atom stereocenters. The van der Waals surface area contributed by atoms with E-state index in [0.717, 1.165) is 5.56 Å². The Morgan fingerprint density at radius 3 is 1.95 bits per heavy atom. The largest absolute Gasteiger partial charge is 0.525 e. The van der Waals surface area contributed by atoms with Crippen LogP contribution in [-0.2, 0) is 9.31 Å². The molecule has 0 aliphatic carbocycles. The van der Waals surface area contributed by atoms with Gasteiger partial charge in [0, 0.05) is 0 Å². The molecule has 114 valence electrons. The molecule has 21 heavy (non-hydrogen) atoms. The fourth-order valence-corrected chi connectivity index (χ4v) is 2.16. The highest BCUT2D eigenvalue weighted by molar-refractivity contribution is 6.54. The molecule has 1 aromatic carbocycles. The number of hydrogen-bond acceptors (Lipinski definition) is 2. The summed E-state index contributed by atoms with van der Waals surface area (Å²) in [4.78, 5) is 0. The van der Waals surface area contributed by atoms with Gasteiger partial charge in [0.15, 0.2) is 0 Å². The summed E-state index contributed by atoms with van der Waals surface area (Å²) in [5, 5.41) is 0. The first-order chi connectivity index (χ1) is 9.62. The van der Waals surface area contributed by atoms with Crippen LogP contribution in [0.5, 0.6) is 0 Å². The van der Waals surface area contributed by atoms with Gasteiger partial charge >= 0.3 is 7.12 Å². The Morgan fingerprint density at radius 1 is 1.05 bits per heavy atom. The van der Waals surface area contributed by atoms with Gasteiger partial charge in [-0.15, -0.1) is 0 Å². The van der Waals surface area contributed by atoms with Gasteiger partial charge in [0.25, 0.3) is 0 Å². The van der Waals surface area contributed by atoms with E-state index in [9.17, 15) is 4.39 Å². The summed E-state index contributed by atoms with van der Waals surface area (Å²) in [6.45, 7) is 11.9. The second-order valence-electron chi connectivity index (χ2n) is 6.94. The van der Waals surface area contributed by atoms with Gasteiger partial charge in [0.05, 0.1) is 11.2 Å². The molecule has 1 heterocycles. The number of benzene rings is 1. The third-order valence-corrected chi connectivity index (χ3v) is 4.39. The van der Waals surface area contributed by atoms with E-state index < -0.39 is 24.0 Å². The van der Waals surface area contributed by atoms with E-state index in [1.54, 1.807) is 0 Å². The molecule has 4 heteroatoms. The van der Waals surface area contributed by atoms with Crippen molar-refractivity contribution in [1.82, 2.24) is 0 Å². The normalized spacial score (nSPS) is 21.1. The highest BCUT2D eigenvalue weighted by Gasteiger charge is 2.52. The summed E-state index contributed by atoms with van der Waals surface area (Å²) in [7, 11) is -0.931. The van der Waals surface area contributed by atoms with Crippen molar-refractivity contribution in [2.75, 3.05) is 0 Å². The summed E-state index contributed by atoms with van der Waals surface area (Å²) in [5.41, 5.74) is 0.607. The molecule has 0 spiro atoms. The molecule has 0 bridgehead atoms. The second-order valence-corrected chi connectivity index (χ2v) is 6.94. The summed E-state index contributed by atoms with van der Waals surface area (Å²) >= 11 is 0. The Labute approximate surface area is 127 Å². The Bertz CT molecular complexity index is 516. The number of halogens is 1. The van der Waals surface area contributed by atoms with Crippen molar-refractivity contribution in [3.05, 3.63) is 41.1 Å². The van der Waals surface area contributed by atoms with Crippen LogP contribution in [0.25, 0.3) is 6.08 Å². The van der Waals surface area contributed by atoms with Crippen molar-refractivity contribution < 1.29 is 13.7 Å². The highest BCUT2D eigenvalue weighted by Crippen LogP contribution is 2.39. The van der Waals surface area contributed by atoms with Crippen LogP contribution in [0.3, 0.4) is 0 Å².